The van der Waals surface area contributed by atoms with Gasteiger partial charge in [-0.05, 0) is 68.5 Å². The van der Waals surface area contributed by atoms with E-state index in [0.29, 0.717) is 19.4 Å². The summed E-state index contributed by atoms with van der Waals surface area (Å²) in [6.45, 7) is 27.2. The Labute approximate surface area is 252 Å². The molecule has 1 fully saturated rings. The van der Waals surface area contributed by atoms with Gasteiger partial charge in [-0.3, -0.25) is 0 Å². The minimum atomic E-state index is -2.08. The first-order chi connectivity index (χ1) is 18.8. The zero-order chi connectivity index (χ0) is 31.1. The molecule has 234 valence electrons. The molecule has 0 saturated carbocycles. The molecule has 0 aliphatic carbocycles. The molecule has 5 atom stereocenters. The first-order valence-corrected chi connectivity index (χ1v) is 21.2. The molecule has 8 heteroatoms. The first kappa shape index (κ1) is 35.9. The van der Waals surface area contributed by atoms with E-state index in [1.807, 2.05) is 36.4 Å². The standard InChI is InChI=1S/C33H58O6Si2/c1-25(18-16-17-21-30(34)35-23-22-27-19-14-13-15-20-27)36-31-29(39-41(11,12)33(6,7)8)24-28(26(2)37-31)38-40(9,10)32(3,4)5/h13-15,17,19-21,25-26,28-29,31H,16,18,22-24H2,1-12H3/b21-17+/t25-,26+,28?,29?,31-/m1/s1. The van der Waals surface area contributed by atoms with Crippen molar-refractivity contribution in [2.24, 2.45) is 0 Å². The number of hydrogen-bond acceptors (Lipinski definition) is 6. The maximum absolute atomic E-state index is 12.1. The molecule has 1 saturated heterocycles. The summed E-state index contributed by atoms with van der Waals surface area (Å²) < 4.78 is 32.1. The van der Waals surface area contributed by atoms with E-state index in [9.17, 15) is 4.79 Å². The molecule has 1 aliphatic heterocycles. The van der Waals surface area contributed by atoms with Crippen molar-refractivity contribution in [1.29, 1.82) is 0 Å². The smallest absolute Gasteiger partial charge is 0.330 e. The van der Waals surface area contributed by atoms with Gasteiger partial charge in [-0.2, -0.15) is 0 Å². The van der Waals surface area contributed by atoms with Crippen LogP contribution < -0.4 is 0 Å². The largest absolute Gasteiger partial charge is 0.462 e. The molecule has 6 nitrogen and oxygen atoms in total. The maximum atomic E-state index is 12.1. The van der Waals surface area contributed by atoms with Crippen LogP contribution in [0.2, 0.25) is 36.3 Å². The SMILES string of the molecule is C[C@H](CC/C=C/C(=O)OCCc1ccccc1)O[C@@H]1O[C@@H](C)C(O[Si](C)(C)C(C)(C)C)CC1O[Si](C)(C)C(C)(C)C. The molecular formula is C33H58O6Si2. The number of carbonyl (C=O) groups excluding carboxylic acids is 1. The Morgan fingerprint density at radius 1 is 0.976 bits per heavy atom. The van der Waals surface area contributed by atoms with E-state index in [-0.39, 0.29) is 40.5 Å². The zero-order valence-corrected chi connectivity index (χ0v) is 29.9. The molecule has 0 bridgehead atoms. The fourth-order valence-electron chi connectivity index (χ4n) is 4.17. The quantitative estimate of drug-likeness (QED) is 0.128. The number of rotatable bonds is 13. The van der Waals surface area contributed by atoms with Gasteiger partial charge in [0.2, 0.25) is 0 Å². The molecule has 0 radical (unpaired) electrons. The Balaban J connectivity index is 1.96. The third kappa shape index (κ3) is 11.4. The summed E-state index contributed by atoms with van der Waals surface area (Å²) in [5, 5.41) is 0.189. The van der Waals surface area contributed by atoms with Crippen molar-refractivity contribution >= 4 is 22.6 Å². The van der Waals surface area contributed by atoms with Gasteiger partial charge in [-0.25, -0.2) is 4.79 Å². The van der Waals surface area contributed by atoms with Gasteiger partial charge in [0.1, 0.15) is 0 Å². The molecule has 0 N–H and O–H groups in total. The third-order valence-electron chi connectivity index (χ3n) is 8.98. The van der Waals surface area contributed by atoms with Crippen molar-refractivity contribution < 1.29 is 27.9 Å². The molecule has 2 unspecified atom stereocenters. The molecule has 1 aromatic carbocycles. The highest BCUT2D eigenvalue weighted by Gasteiger charge is 2.48. The second-order valence-electron chi connectivity index (χ2n) is 14.6. The fraction of sp³-hybridized carbons (Fsp3) is 0.727. The summed E-state index contributed by atoms with van der Waals surface area (Å²) in [4.78, 5) is 12.1. The lowest BCUT2D eigenvalue weighted by Gasteiger charge is -2.48. The van der Waals surface area contributed by atoms with Gasteiger partial charge < -0.3 is 23.1 Å². The van der Waals surface area contributed by atoms with E-state index in [0.717, 1.165) is 18.4 Å². The van der Waals surface area contributed by atoms with Gasteiger partial charge >= 0.3 is 5.97 Å². The predicted molar refractivity (Wildman–Crippen MR) is 173 cm³/mol. The number of carbonyl (C=O) groups is 1. The molecule has 1 aromatic rings. The number of allylic oxidation sites excluding steroid dienone is 1. The maximum Gasteiger partial charge on any atom is 0.330 e. The average Bonchev–Trinajstić information content (AvgIpc) is 2.83. The van der Waals surface area contributed by atoms with Crippen molar-refractivity contribution in [2.45, 2.75) is 148 Å². The Hall–Kier alpha value is -1.30. The Bertz CT molecular complexity index is 964. The van der Waals surface area contributed by atoms with Crippen molar-refractivity contribution in [3.8, 4) is 0 Å². The Morgan fingerprint density at radius 2 is 1.54 bits per heavy atom. The highest BCUT2D eigenvalue weighted by atomic mass is 28.4. The van der Waals surface area contributed by atoms with Crippen molar-refractivity contribution in [3.63, 3.8) is 0 Å². The molecule has 0 spiro atoms. The van der Waals surface area contributed by atoms with Crippen LogP contribution in [0.25, 0.3) is 0 Å². The first-order valence-electron chi connectivity index (χ1n) is 15.4. The molecule has 0 amide bonds. The third-order valence-corrected chi connectivity index (χ3v) is 18.0. The predicted octanol–water partition coefficient (Wildman–Crippen LogP) is 8.43. The van der Waals surface area contributed by atoms with Gasteiger partial charge in [0.15, 0.2) is 22.9 Å². The van der Waals surface area contributed by atoms with E-state index in [2.05, 4.69) is 81.6 Å². The van der Waals surface area contributed by atoms with E-state index in [1.165, 1.54) is 6.08 Å². The second-order valence-corrected chi connectivity index (χ2v) is 24.1. The second kappa shape index (κ2) is 14.9. The summed E-state index contributed by atoms with van der Waals surface area (Å²) in [7, 11) is -4.06. The number of esters is 1. The molecule has 2 rings (SSSR count). The van der Waals surface area contributed by atoms with Crippen LogP contribution in [0.4, 0.5) is 0 Å². The van der Waals surface area contributed by atoms with Crippen LogP contribution >= 0.6 is 0 Å². The van der Waals surface area contributed by atoms with Crippen LogP contribution in [0.5, 0.6) is 0 Å². The summed E-state index contributed by atoms with van der Waals surface area (Å²) >= 11 is 0. The highest BCUT2D eigenvalue weighted by molar-refractivity contribution is 6.74. The van der Waals surface area contributed by atoms with Gasteiger partial charge in [0.05, 0.1) is 31.0 Å². The zero-order valence-electron chi connectivity index (χ0n) is 27.9. The number of benzene rings is 1. The lowest BCUT2D eigenvalue weighted by molar-refractivity contribution is -0.268. The lowest BCUT2D eigenvalue weighted by atomic mass is 10.0. The topological polar surface area (TPSA) is 63.2 Å². The summed E-state index contributed by atoms with van der Waals surface area (Å²) in [6.07, 6.45) is 5.49. The van der Waals surface area contributed by atoms with Crippen LogP contribution in [-0.4, -0.2) is 59.9 Å². The normalized spacial score (nSPS) is 23.5. The van der Waals surface area contributed by atoms with E-state index in [4.69, 9.17) is 23.1 Å². The van der Waals surface area contributed by atoms with Crippen LogP contribution in [0.3, 0.4) is 0 Å². The van der Waals surface area contributed by atoms with Gasteiger partial charge in [0.25, 0.3) is 0 Å². The van der Waals surface area contributed by atoms with Crippen molar-refractivity contribution in [1.82, 2.24) is 0 Å². The van der Waals surface area contributed by atoms with E-state index in [1.54, 1.807) is 0 Å². The highest BCUT2D eigenvalue weighted by Crippen LogP contribution is 2.42. The minimum Gasteiger partial charge on any atom is -0.462 e. The number of ether oxygens (including phenoxy) is 3. The molecule has 41 heavy (non-hydrogen) atoms. The van der Waals surface area contributed by atoms with Gasteiger partial charge in [-0.15, -0.1) is 0 Å². The average molecular weight is 607 g/mol. The summed E-state index contributed by atoms with van der Waals surface area (Å²) in [5.41, 5.74) is 1.16. The Kier molecular flexibility index (Phi) is 13.1. The van der Waals surface area contributed by atoms with Crippen molar-refractivity contribution in [2.75, 3.05) is 6.61 Å². The molecule has 1 aliphatic rings. The minimum absolute atomic E-state index is 0.0309. The molecular weight excluding hydrogens is 549 g/mol. The van der Waals surface area contributed by atoms with E-state index < -0.39 is 22.9 Å². The van der Waals surface area contributed by atoms with E-state index >= 15 is 0 Å². The molecule has 1 heterocycles. The number of hydrogen-bond donors (Lipinski definition) is 0. The van der Waals surface area contributed by atoms with Gasteiger partial charge in [-0.1, -0.05) is 78.0 Å². The summed E-state index contributed by atoms with van der Waals surface area (Å²) in [5.74, 6) is -0.311. The lowest BCUT2D eigenvalue weighted by Crippen LogP contribution is -2.57. The van der Waals surface area contributed by atoms with Crippen LogP contribution in [0, 0.1) is 0 Å². The molecule has 0 aromatic heterocycles. The van der Waals surface area contributed by atoms with Crippen LogP contribution in [0.1, 0.15) is 80.2 Å². The summed E-state index contributed by atoms with van der Waals surface area (Å²) in [6, 6.07) is 10.0. The van der Waals surface area contributed by atoms with Gasteiger partial charge in [0, 0.05) is 18.9 Å². The fourth-order valence-corrected chi connectivity index (χ4v) is 6.88. The Morgan fingerprint density at radius 3 is 2.10 bits per heavy atom. The monoisotopic (exact) mass is 606 g/mol. The van der Waals surface area contributed by atoms with Crippen LogP contribution in [-0.2, 0) is 34.3 Å². The van der Waals surface area contributed by atoms with Crippen LogP contribution in [0.15, 0.2) is 42.5 Å². The van der Waals surface area contributed by atoms with Crippen molar-refractivity contribution in [3.05, 3.63) is 48.0 Å².